The average molecular weight is 234 g/mol. The Morgan fingerprint density at radius 2 is 2.31 bits per heavy atom. The third-order valence-corrected chi connectivity index (χ3v) is 3.01. The number of thiophene rings is 1. The first kappa shape index (κ1) is 10.6. The maximum atomic E-state index is 11.6. The SMILES string of the molecule is C=CCn1c(-c2cccs2)cc(=O)[nH]c1=O. The molecule has 82 valence electrons. The summed E-state index contributed by atoms with van der Waals surface area (Å²) in [4.78, 5) is 26.0. The molecule has 2 heterocycles. The highest BCUT2D eigenvalue weighted by Gasteiger charge is 2.07. The number of hydrogen-bond acceptors (Lipinski definition) is 3. The fourth-order valence-corrected chi connectivity index (χ4v) is 2.21. The van der Waals surface area contributed by atoms with Crippen LogP contribution in [0.1, 0.15) is 0 Å². The molecule has 0 aromatic carbocycles. The maximum Gasteiger partial charge on any atom is 0.329 e. The van der Waals surface area contributed by atoms with E-state index in [1.165, 1.54) is 22.0 Å². The molecule has 0 saturated heterocycles. The molecule has 0 unspecified atom stereocenters. The van der Waals surface area contributed by atoms with Crippen molar-refractivity contribution in [1.82, 2.24) is 9.55 Å². The molecule has 0 aliphatic rings. The monoisotopic (exact) mass is 234 g/mol. The summed E-state index contributed by atoms with van der Waals surface area (Å²) in [5.41, 5.74) is -0.159. The Morgan fingerprint density at radius 3 is 2.94 bits per heavy atom. The lowest BCUT2D eigenvalue weighted by Crippen LogP contribution is -2.30. The molecule has 16 heavy (non-hydrogen) atoms. The van der Waals surface area contributed by atoms with E-state index in [9.17, 15) is 9.59 Å². The van der Waals surface area contributed by atoms with Crippen LogP contribution in [-0.2, 0) is 6.54 Å². The summed E-state index contributed by atoms with van der Waals surface area (Å²) in [5.74, 6) is 0. The molecule has 2 aromatic heterocycles. The van der Waals surface area contributed by atoms with Crippen LogP contribution in [0.2, 0.25) is 0 Å². The molecule has 0 fully saturated rings. The van der Waals surface area contributed by atoms with Crippen LogP contribution in [0.3, 0.4) is 0 Å². The fraction of sp³-hybridized carbons (Fsp3) is 0.0909. The minimum atomic E-state index is -0.407. The van der Waals surface area contributed by atoms with Crippen molar-refractivity contribution < 1.29 is 0 Å². The quantitative estimate of drug-likeness (QED) is 0.817. The van der Waals surface area contributed by atoms with Gasteiger partial charge in [-0.3, -0.25) is 14.3 Å². The minimum Gasteiger partial charge on any atom is -0.289 e. The highest BCUT2D eigenvalue weighted by Crippen LogP contribution is 2.22. The van der Waals surface area contributed by atoms with Crippen molar-refractivity contribution in [3.8, 4) is 10.6 Å². The van der Waals surface area contributed by atoms with E-state index in [2.05, 4.69) is 11.6 Å². The van der Waals surface area contributed by atoms with Crippen molar-refractivity contribution in [1.29, 1.82) is 0 Å². The van der Waals surface area contributed by atoms with Gasteiger partial charge in [-0.15, -0.1) is 17.9 Å². The smallest absolute Gasteiger partial charge is 0.289 e. The van der Waals surface area contributed by atoms with Gasteiger partial charge >= 0.3 is 5.69 Å². The van der Waals surface area contributed by atoms with Gasteiger partial charge in [0.2, 0.25) is 0 Å². The molecule has 2 rings (SSSR count). The predicted octanol–water partition coefficient (Wildman–Crippen LogP) is 1.45. The zero-order valence-electron chi connectivity index (χ0n) is 8.47. The van der Waals surface area contributed by atoms with Gasteiger partial charge in [0.05, 0.1) is 10.6 Å². The Balaban J connectivity index is 2.72. The minimum absolute atomic E-state index is 0.378. The first-order valence-electron chi connectivity index (χ1n) is 4.71. The number of hydrogen-bond donors (Lipinski definition) is 1. The van der Waals surface area contributed by atoms with Gasteiger partial charge in [0.15, 0.2) is 0 Å². The Kier molecular flexibility index (Phi) is 2.87. The van der Waals surface area contributed by atoms with Gasteiger partial charge < -0.3 is 0 Å². The summed E-state index contributed by atoms with van der Waals surface area (Å²) < 4.78 is 1.49. The summed E-state index contributed by atoms with van der Waals surface area (Å²) in [6.45, 7) is 3.97. The molecule has 0 spiro atoms. The first-order chi connectivity index (χ1) is 7.72. The summed E-state index contributed by atoms with van der Waals surface area (Å²) >= 11 is 1.49. The molecule has 0 bridgehead atoms. The van der Waals surface area contributed by atoms with Crippen molar-refractivity contribution in [3.63, 3.8) is 0 Å². The number of rotatable bonds is 3. The van der Waals surface area contributed by atoms with E-state index in [0.717, 1.165) is 4.88 Å². The van der Waals surface area contributed by atoms with Crippen LogP contribution in [0.5, 0.6) is 0 Å². The summed E-state index contributed by atoms with van der Waals surface area (Å²) in [6.07, 6.45) is 1.62. The average Bonchev–Trinajstić information content (AvgIpc) is 2.75. The third kappa shape index (κ3) is 1.90. The van der Waals surface area contributed by atoms with Crippen LogP contribution in [0.15, 0.2) is 45.8 Å². The van der Waals surface area contributed by atoms with E-state index < -0.39 is 5.69 Å². The van der Waals surface area contributed by atoms with Gasteiger partial charge in [-0.2, -0.15) is 0 Å². The second-order valence-corrected chi connectivity index (χ2v) is 4.15. The lowest BCUT2D eigenvalue weighted by atomic mass is 10.3. The Morgan fingerprint density at radius 1 is 1.50 bits per heavy atom. The maximum absolute atomic E-state index is 11.6. The van der Waals surface area contributed by atoms with Crippen molar-refractivity contribution in [3.05, 3.63) is 57.1 Å². The summed E-state index contributed by atoms with van der Waals surface area (Å²) in [7, 11) is 0. The van der Waals surface area contributed by atoms with Crippen LogP contribution < -0.4 is 11.2 Å². The van der Waals surface area contributed by atoms with Crippen LogP contribution in [0.4, 0.5) is 0 Å². The van der Waals surface area contributed by atoms with Crippen LogP contribution in [0.25, 0.3) is 10.6 Å². The molecule has 0 aliphatic carbocycles. The lowest BCUT2D eigenvalue weighted by molar-refractivity contribution is 0.747. The highest BCUT2D eigenvalue weighted by atomic mass is 32.1. The van der Waals surface area contributed by atoms with Crippen LogP contribution in [-0.4, -0.2) is 9.55 Å². The molecular formula is C11H10N2O2S. The van der Waals surface area contributed by atoms with E-state index in [0.29, 0.717) is 12.2 Å². The van der Waals surface area contributed by atoms with E-state index in [-0.39, 0.29) is 5.56 Å². The number of allylic oxidation sites excluding steroid dienone is 1. The fourth-order valence-electron chi connectivity index (χ4n) is 1.46. The van der Waals surface area contributed by atoms with Gasteiger partial charge in [0, 0.05) is 12.6 Å². The van der Waals surface area contributed by atoms with E-state index in [4.69, 9.17) is 0 Å². The Labute approximate surface area is 95.5 Å². The standard InChI is InChI=1S/C11H10N2O2S/c1-2-5-13-8(9-4-3-6-16-9)7-10(14)12-11(13)15/h2-4,6-7H,1,5H2,(H,12,14,15). The number of aromatic nitrogens is 2. The molecule has 1 N–H and O–H groups in total. The Hall–Kier alpha value is -1.88. The van der Waals surface area contributed by atoms with Gasteiger partial charge in [0.25, 0.3) is 5.56 Å². The second-order valence-electron chi connectivity index (χ2n) is 3.20. The predicted molar refractivity (Wildman–Crippen MR) is 64.8 cm³/mol. The van der Waals surface area contributed by atoms with Crippen LogP contribution in [0, 0.1) is 0 Å². The Bertz CT molecular complexity index is 608. The molecule has 0 amide bonds. The molecule has 2 aromatic rings. The van der Waals surface area contributed by atoms with Gasteiger partial charge in [0.1, 0.15) is 0 Å². The largest absolute Gasteiger partial charge is 0.329 e. The van der Waals surface area contributed by atoms with Crippen LogP contribution >= 0.6 is 11.3 Å². The number of aromatic amines is 1. The van der Waals surface area contributed by atoms with Gasteiger partial charge in [-0.1, -0.05) is 12.1 Å². The number of H-pyrrole nitrogens is 1. The highest BCUT2D eigenvalue weighted by molar-refractivity contribution is 7.13. The molecule has 0 atom stereocenters. The van der Waals surface area contributed by atoms with E-state index in [1.54, 1.807) is 6.08 Å². The van der Waals surface area contributed by atoms with Crippen molar-refractivity contribution >= 4 is 11.3 Å². The molecule has 0 saturated carbocycles. The zero-order valence-corrected chi connectivity index (χ0v) is 9.29. The van der Waals surface area contributed by atoms with Crippen molar-refractivity contribution in [2.45, 2.75) is 6.54 Å². The normalized spacial score (nSPS) is 10.2. The second kappa shape index (κ2) is 4.32. The third-order valence-electron chi connectivity index (χ3n) is 2.12. The van der Waals surface area contributed by atoms with Gasteiger partial charge in [-0.25, -0.2) is 4.79 Å². The molecule has 5 heteroatoms. The van der Waals surface area contributed by atoms with Gasteiger partial charge in [-0.05, 0) is 11.4 Å². The molecular weight excluding hydrogens is 224 g/mol. The summed E-state index contributed by atoms with van der Waals surface area (Å²) in [6, 6.07) is 5.18. The lowest BCUT2D eigenvalue weighted by Gasteiger charge is -2.07. The molecule has 4 nitrogen and oxygen atoms in total. The van der Waals surface area contributed by atoms with Crippen molar-refractivity contribution in [2.75, 3.05) is 0 Å². The summed E-state index contributed by atoms with van der Waals surface area (Å²) in [5, 5.41) is 1.90. The first-order valence-corrected chi connectivity index (χ1v) is 5.59. The zero-order chi connectivity index (χ0) is 11.5. The molecule has 0 aliphatic heterocycles. The van der Waals surface area contributed by atoms with Crippen molar-refractivity contribution in [2.24, 2.45) is 0 Å². The number of nitrogens with one attached hydrogen (secondary N) is 1. The molecule has 0 radical (unpaired) electrons. The van der Waals surface area contributed by atoms with E-state index in [1.807, 2.05) is 17.5 Å². The topological polar surface area (TPSA) is 54.9 Å². The van der Waals surface area contributed by atoms with E-state index >= 15 is 0 Å². The number of nitrogens with zero attached hydrogens (tertiary/aromatic N) is 1.